The van der Waals surface area contributed by atoms with Crippen LogP contribution in [0.4, 0.5) is 19.7 Å². The average Bonchev–Trinajstić information content (AvgIpc) is 3.30. The number of pyridine rings is 1. The molecule has 2 N–H and O–H groups in total. The number of piperidine rings is 1. The number of hydrogen-bond acceptors (Lipinski definition) is 6. The number of carbonyl (C=O) groups is 2. The maximum absolute atomic E-state index is 14.6. The predicted molar refractivity (Wildman–Crippen MR) is 125 cm³/mol. The fourth-order valence-electron chi connectivity index (χ4n) is 4.28. The van der Waals surface area contributed by atoms with Gasteiger partial charge in [-0.2, -0.15) is 0 Å². The first-order chi connectivity index (χ1) is 16.2. The van der Waals surface area contributed by atoms with Crippen molar-refractivity contribution < 1.29 is 23.5 Å². The molecule has 1 aliphatic heterocycles. The first-order valence-corrected chi connectivity index (χ1v) is 11.8. The number of anilines is 2. The molecule has 2 atom stereocenters. The van der Waals surface area contributed by atoms with Crippen LogP contribution in [0.5, 0.6) is 0 Å². The smallest absolute Gasteiger partial charge is 0.310 e. The maximum atomic E-state index is 14.6. The van der Waals surface area contributed by atoms with Gasteiger partial charge in [0.05, 0.1) is 21.7 Å². The lowest BCUT2D eigenvalue weighted by atomic mass is 9.72. The third-order valence-electron chi connectivity index (χ3n) is 6.04. The van der Waals surface area contributed by atoms with Crippen molar-refractivity contribution in [2.24, 2.45) is 5.41 Å². The molecule has 178 valence electrons. The number of aliphatic carboxylic acids is 1. The molecule has 11 heteroatoms. The van der Waals surface area contributed by atoms with E-state index in [1.54, 1.807) is 18.5 Å². The topological polar surface area (TPSA) is 95.4 Å². The third kappa shape index (κ3) is 4.74. The molecule has 3 heterocycles. The van der Waals surface area contributed by atoms with Gasteiger partial charge in [0.1, 0.15) is 11.6 Å². The van der Waals surface area contributed by atoms with E-state index in [2.05, 4.69) is 15.3 Å². The second-order valence-electron chi connectivity index (χ2n) is 8.25. The number of nitrogens with one attached hydrogen (secondary N) is 1. The van der Waals surface area contributed by atoms with E-state index in [1.165, 1.54) is 46.6 Å². The molecule has 0 spiro atoms. The molecule has 0 bridgehead atoms. The van der Waals surface area contributed by atoms with E-state index >= 15 is 0 Å². The van der Waals surface area contributed by atoms with Crippen LogP contribution in [0.15, 0.2) is 41.9 Å². The SMILES string of the molecule is CC1CC(Cc2nc(Nc3nccs3)ccc2F)(C(=O)O)CCN1C(=O)c1cccc(Cl)c1F. The Kier molecular flexibility index (Phi) is 6.81. The van der Waals surface area contributed by atoms with Crippen LogP contribution in [0, 0.1) is 17.0 Å². The summed E-state index contributed by atoms with van der Waals surface area (Å²) in [4.78, 5) is 35.2. The second-order valence-corrected chi connectivity index (χ2v) is 9.55. The Morgan fingerprint density at radius 1 is 1.32 bits per heavy atom. The van der Waals surface area contributed by atoms with Gasteiger partial charge in [0.2, 0.25) is 0 Å². The minimum atomic E-state index is -1.34. The van der Waals surface area contributed by atoms with Gasteiger partial charge in [0, 0.05) is 30.6 Å². The Labute approximate surface area is 203 Å². The molecule has 0 aliphatic carbocycles. The zero-order chi connectivity index (χ0) is 24.5. The third-order valence-corrected chi connectivity index (χ3v) is 7.02. The number of likely N-dealkylation sites (tertiary alicyclic amines) is 1. The Balaban J connectivity index is 1.55. The highest BCUT2D eigenvalue weighted by molar-refractivity contribution is 7.13. The number of rotatable bonds is 6. The summed E-state index contributed by atoms with van der Waals surface area (Å²) in [5.74, 6) is -2.74. The zero-order valence-corrected chi connectivity index (χ0v) is 19.7. The molecule has 3 aromatic rings. The number of thiazole rings is 1. The Morgan fingerprint density at radius 2 is 2.12 bits per heavy atom. The summed E-state index contributed by atoms with van der Waals surface area (Å²) in [5, 5.41) is 15.3. The molecule has 0 saturated carbocycles. The molecule has 1 fully saturated rings. The fourth-order valence-corrected chi connectivity index (χ4v) is 4.99. The van der Waals surface area contributed by atoms with Gasteiger partial charge in [-0.25, -0.2) is 18.7 Å². The van der Waals surface area contributed by atoms with Crippen LogP contribution in [0.3, 0.4) is 0 Å². The lowest BCUT2D eigenvalue weighted by molar-refractivity contribution is -0.153. The van der Waals surface area contributed by atoms with Gasteiger partial charge < -0.3 is 15.3 Å². The first kappa shape index (κ1) is 24.0. The van der Waals surface area contributed by atoms with Crippen molar-refractivity contribution in [3.8, 4) is 0 Å². The van der Waals surface area contributed by atoms with E-state index < -0.39 is 35.0 Å². The highest BCUT2D eigenvalue weighted by Gasteiger charge is 2.46. The van der Waals surface area contributed by atoms with Crippen molar-refractivity contribution >= 4 is 45.8 Å². The normalized spacial score (nSPS) is 20.2. The highest BCUT2D eigenvalue weighted by atomic mass is 35.5. The Morgan fingerprint density at radius 3 is 2.79 bits per heavy atom. The van der Waals surface area contributed by atoms with Gasteiger partial charge in [0.15, 0.2) is 10.9 Å². The van der Waals surface area contributed by atoms with Gasteiger partial charge in [-0.1, -0.05) is 17.7 Å². The van der Waals surface area contributed by atoms with E-state index in [4.69, 9.17) is 11.6 Å². The molecule has 2 unspecified atom stereocenters. The summed E-state index contributed by atoms with van der Waals surface area (Å²) >= 11 is 7.16. The molecule has 1 amide bonds. The van der Waals surface area contributed by atoms with Gasteiger partial charge in [0.25, 0.3) is 5.91 Å². The average molecular weight is 507 g/mol. The van der Waals surface area contributed by atoms with Crippen molar-refractivity contribution in [1.82, 2.24) is 14.9 Å². The molecule has 1 saturated heterocycles. The predicted octanol–water partition coefficient (Wildman–Crippen LogP) is 5.15. The van der Waals surface area contributed by atoms with E-state index in [9.17, 15) is 23.5 Å². The molecular weight excluding hydrogens is 486 g/mol. The summed E-state index contributed by atoms with van der Waals surface area (Å²) in [6.07, 6.45) is 1.58. The van der Waals surface area contributed by atoms with E-state index in [0.717, 1.165) is 0 Å². The van der Waals surface area contributed by atoms with E-state index in [-0.39, 0.29) is 42.1 Å². The molecule has 2 aromatic heterocycles. The van der Waals surface area contributed by atoms with Crippen molar-refractivity contribution in [3.05, 3.63) is 69.8 Å². The Bertz CT molecular complexity index is 1230. The standard InChI is InChI=1S/C23H21ClF2N4O3S/c1-13-11-23(21(32)33,7-9-30(13)20(31)14-3-2-4-15(24)19(14)26)12-17-16(25)5-6-18(28-17)29-22-27-8-10-34-22/h2-6,8,10,13H,7,9,11-12H2,1H3,(H,32,33)(H,27,28,29). The monoisotopic (exact) mass is 506 g/mol. The number of hydrogen-bond donors (Lipinski definition) is 2. The number of benzene rings is 1. The van der Waals surface area contributed by atoms with Crippen LogP contribution in [0.25, 0.3) is 0 Å². The summed E-state index contributed by atoms with van der Waals surface area (Å²) in [6, 6.07) is 6.33. The first-order valence-electron chi connectivity index (χ1n) is 10.5. The van der Waals surface area contributed by atoms with Crippen LogP contribution >= 0.6 is 22.9 Å². The molecule has 1 aromatic carbocycles. The number of carboxylic acid groups (broad SMARTS) is 1. The van der Waals surface area contributed by atoms with Crippen LogP contribution < -0.4 is 5.32 Å². The minimum Gasteiger partial charge on any atom is -0.481 e. The molecular formula is C23H21ClF2N4O3S. The maximum Gasteiger partial charge on any atom is 0.310 e. The number of nitrogens with zero attached hydrogens (tertiary/aromatic N) is 3. The van der Waals surface area contributed by atoms with Gasteiger partial charge in [-0.3, -0.25) is 9.59 Å². The van der Waals surface area contributed by atoms with Crippen LogP contribution in [-0.4, -0.2) is 44.4 Å². The molecule has 4 rings (SSSR count). The summed E-state index contributed by atoms with van der Waals surface area (Å²) in [7, 11) is 0. The van der Waals surface area contributed by atoms with Crippen molar-refractivity contribution in [1.29, 1.82) is 0 Å². The number of carbonyl (C=O) groups excluding carboxylic acids is 1. The van der Waals surface area contributed by atoms with Gasteiger partial charge >= 0.3 is 5.97 Å². The van der Waals surface area contributed by atoms with Crippen molar-refractivity contribution in [3.63, 3.8) is 0 Å². The van der Waals surface area contributed by atoms with Crippen LogP contribution in [-0.2, 0) is 11.2 Å². The lowest BCUT2D eigenvalue weighted by Gasteiger charge is -2.43. The number of aromatic nitrogens is 2. The molecule has 0 radical (unpaired) electrons. The van der Waals surface area contributed by atoms with Crippen molar-refractivity contribution in [2.75, 3.05) is 11.9 Å². The van der Waals surface area contributed by atoms with Crippen LogP contribution in [0.2, 0.25) is 5.02 Å². The second kappa shape index (κ2) is 9.63. The van der Waals surface area contributed by atoms with E-state index in [0.29, 0.717) is 10.9 Å². The lowest BCUT2D eigenvalue weighted by Crippen LogP contribution is -2.52. The van der Waals surface area contributed by atoms with Gasteiger partial charge in [-0.15, -0.1) is 11.3 Å². The van der Waals surface area contributed by atoms with E-state index in [1.807, 2.05) is 0 Å². The highest BCUT2D eigenvalue weighted by Crippen LogP contribution is 2.39. The minimum absolute atomic E-state index is 0.0109. The number of halogens is 3. The van der Waals surface area contributed by atoms with Gasteiger partial charge in [-0.05, 0) is 44.0 Å². The summed E-state index contributed by atoms with van der Waals surface area (Å²) in [5.41, 5.74) is -1.50. The largest absolute Gasteiger partial charge is 0.481 e. The number of amides is 1. The zero-order valence-electron chi connectivity index (χ0n) is 18.1. The van der Waals surface area contributed by atoms with Crippen LogP contribution in [0.1, 0.15) is 35.8 Å². The quantitative estimate of drug-likeness (QED) is 0.480. The molecule has 7 nitrogen and oxygen atoms in total. The molecule has 34 heavy (non-hydrogen) atoms. The molecule has 1 aliphatic rings. The number of carboxylic acids is 1. The Hall–Kier alpha value is -3.11. The fraction of sp³-hybridized carbons (Fsp3) is 0.304. The summed E-state index contributed by atoms with van der Waals surface area (Å²) < 4.78 is 29.0. The summed E-state index contributed by atoms with van der Waals surface area (Å²) in [6.45, 7) is 1.76. The van der Waals surface area contributed by atoms with Crippen molar-refractivity contribution in [2.45, 2.75) is 32.2 Å².